The molecule has 0 atom stereocenters. The molecule has 48 heavy (non-hydrogen) atoms. The molecule has 8 aromatic carbocycles. The van der Waals surface area contributed by atoms with Crippen molar-refractivity contribution >= 4 is 53.9 Å². The molecule has 0 bridgehead atoms. The molecule has 0 aliphatic rings. The molecule has 0 aliphatic carbocycles. The summed E-state index contributed by atoms with van der Waals surface area (Å²) in [7, 11) is 0. The third kappa shape index (κ3) is 4.15. The van der Waals surface area contributed by atoms with Crippen LogP contribution in [0.5, 0.6) is 0 Å². The van der Waals surface area contributed by atoms with Crippen molar-refractivity contribution in [3.63, 3.8) is 0 Å². The van der Waals surface area contributed by atoms with Gasteiger partial charge >= 0.3 is 0 Å². The third-order valence-corrected chi connectivity index (χ3v) is 9.76. The number of aromatic nitrogens is 2. The Morgan fingerprint density at radius 2 is 1.02 bits per heavy atom. The molecule has 2 heteroatoms. The van der Waals surface area contributed by atoms with Crippen molar-refractivity contribution in [2.75, 3.05) is 0 Å². The minimum Gasteiger partial charge on any atom is -0.256 e. The van der Waals surface area contributed by atoms with Crippen molar-refractivity contribution in [1.82, 2.24) is 9.97 Å². The van der Waals surface area contributed by atoms with Crippen LogP contribution >= 0.6 is 0 Å². The van der Waals surface area contributed by atoms with Gasteiger partial charge < -0.3 is 0 Å². The number of hydrogen-bond donors (Lipinski definition) is 0. The first-order chi connectivity index (χ1) is 23.8. The molecule has 220 valence electrons. The molecule has 0 aliphatic heterocycles. The highest BCUT2D eigenvalue weighted by Crippen LogP contribution is 2.43. The van der Waals surface area contributed by atoms with Crippen LogP contribution in [0.25, 0.3) is 98.6 Å². The summed E-state index contributed by atoms with van der Waals surface area (Å²) in [5.74, 6) is 0. The van der Waals surface area contributed by atoms with E-state index in [4.69, 9.17) is 9.97 Å². The van der Waals surface area contributed by atoms with Gasteiger partial charge in [0, 0.05) is 40.0 Å². The van der Waals surface area contributed by atoms with Gasteiger partial charge in [0.05, 0.1) is 11.4 Å². The van der Waals surface area contributed by atoms with E-state index in [1.165, 1.54) is 43.1 Å². The second-order valence-corrected chi connectivity index (χ2v) is 12.5. The van der Waals surface area contributed by atoms with Gasteiger partial charge in [-0.1, -0.05) is 121 Å². The summed E-state index contributed by atoms with van der Waals surface area (Å²) in [6, 6.07) is 58.3. The van der Waals surface area contributed by atoms with Crippen LogP contribution in [-0.4, -0.2) is 9.97 Å². The topological polar surface area (TPSA) is 25.8 Å². The monoisotopic (exact) mass is 606 g/mol. The van der Waals surface area contributed by atoms with Gasteiger partial charge in [0.15, 0.2) is 0 Å². The van der Waals surface area contributed by atoms with Gasteiger partial charge in [-0.3, -0.25) is 9.97 Å². The van der Waals surface area contributed by atoms with Crippen LogP contribution in [-0.2, 0) is 0 Å². The summed E-state index contributed by atoms with van der Waals surface area (Å²) in [6.45, 7) is 0. The molecule has 0 unspecified atom stereocenters. The highest BCUT2D eigenvalue weighted by atomic mass is 14.7. The van der Waals surface area contributed by atoms with E-state index >= 15 is 0 Å². The van der Waals surface area contributed by atoms with E-state index in [-0.39, 0.29) is 0 Å². The minimum absolute atomic E-state index is 0.932. The second kappa shape index (κ2) is 10.5. The van der Waals surface area contributed by atoms with Crippen LogP contribution in [0.1, 0.15) is 0 Å². The summed E-state index contributed by atoms with van der Waals surface area (Å²) < 4.78 is 0. The Bertz CT molecular complexity index is 2790. The maximum absolute atomic E-state index is 5.08. The zero-order chi connectivity index (χ0) is 31.6. The van der Waals surface area contributed by atoms with Crippen molar-refractivity contribution < 1.29 is 0 Å². The number of hydrogen-bond acceptors (Lipinski definition) is 2. The third-order valence-electron chi connectivity index (χ3n) is 9.76. The standard InChI is InChI=1S/C46H26N2/c1-2-9-33-25-34(16-15-29(33)7-1)35-19-23-43(47-27-35)41-26-42(40-22-18-32-12-5-11-31-17-21-39(41)46(40)45(31)32)44-24-20-36(28-48-44)38-14-6-10-30-8-3-4-13-37(30)38/h1-3,5-12,14-28H. The first kappa shape index (κ1) is 26.6. The molecule has 0 fully saturated rings. The van der Waals surface area contributed by atoms with Crippen molar-refractivity contribution in [2.45, 2.75) is 0 Å². The predicted molar refractivity (Wildman–Crippen MR) is 200 cm³/mol. The Labute approximate surface area is 277 Å². The number of rotatable bonds is 4. The van der Waals surface area contributed by atoms with Crippen molar-refractivity contribution in [1.29, 1.82) is 0 Å². The zero-order valence-electron chi connectivity index (χ0n) is 25.9. The second-order valence-electron chi connectivity index (χ2n) is 12.5. The Kier molecular flexibility index (Phi) is 5.82. The molecule has 0 amide bonds. The Morgan fingerprint density at radius 3 is 1.75 bits per heavy atom. The average molecular weight is 607 g/mol. The fourth-order valence-corrected chi connectivity index (χ4v) is 7.39. The van der Waals surface area contributed by atoms with E-state index in [0.29, 0.717) is 0 Å². The lowest BCUT2D eigenvalue weighted by Crippen LogP contribution is -1.94. The number of pyridine rings is 2. The van der Waals surface area contributed by atoms with Crippen LogP contribution in [0.2, 0.25) is 0 Å². The number of benzene rings is 7. The number of nitrogens with zero attached hydrogens (tertiary/aromatic N) is 2. The molecule has 0 saturated carbocycles. The predicted octanol–water partition coefficient (Wildman–Crippen LogP) is 11.9. The van der Waals surface area contributed by atoms with Crippen LogP contribution in [0.4, 0.5) is 0 Å². The van der Waals surface area contributed by atoms with Gasteiger partial charge in [-0.2, -0.15) is 0 Å². The molecule has 2 nitrogen and oxygen atoms in total. The highest BCUT2D eigenvalue weighted by Gasteiger charge is 2.18. The van der Waals surface area contributed by atoms with E-state index in [1.54, 1.807) is 0 Å². The minimum atomic E-state index is 0.932. The van der Waals surface area contributed by atoms with Gasteiger partial charge in [0.2, 0.25) is 0 Å². The van der Waals surface area contributed by atoms with Crippen molar-refractivity contribution in [3.8, 4) is 44.8 Å². The molecular weight excluding hydrogens is 581 g/mol. The summed E-state index contributed by atoms with van der Waals surface area (Å²) >= 11 is 0. The van der Waals surface area contributed by atoms with Crippen LogP contribution in [0.15, 0.2) is 158 Å². The maximum Gasteiger partial charge on any atom is 0.0708 e. The molecule has 2 heterocycles. The summed E-state index contributed by atoms with van der Waals surface area (Å²) in [6.07, 6.45) is 3.99. The molecule has 0 radical (unpaired) electrons. The summed E-state index contributed by atoms with van der Waals surface area (Å²) in [4.78, 5) is 10.2. The molecule has 0 spiro atoms. The van der Waals surface area contributed by atoms with Crippen LogP contribution in [0.3, 0.4) is 0 Å². The van der Waals surface area contributed by atoms with E-state index < -0.39 is 0 Å². The van der Waals surface area contributed by atoms with Crippen molar-refractivity contribution in [3.05, 3.63) is 170 Å². The zero-order valence-corrected chi connectivity index (χ0v) is 25.9. The molecule has 0 N–H and O–H groups in total. The molecule has 10 rings (SSSR count). The first-order valence-corrected chi connectivity index (χ1v) is 16.2. The van der Waals surface area contributed by atoms with Gasteiger partial charge in [-0.25, -0.2) is 0 Å². The summed E-state index contributed by atoms with van der Waals surface area (Å²) in [5, 5.41) is 12.1. The summed E-state index contributed by atoms with van der Waals surface area (Å²) in [5.41, 5.74) is 8.50. The van der Waals surface area contributed by atoms with E-state index in [2.05, 4.69) is 152 Å². The van der Waals surface area contributed by atoms with Crippen molar-refractivity contribution in [2.24, 2.45) is 0 Å². The Hall–Kier alpha value is -6.56. The Balaban J connectivity index is 1.15. The smallest absolute Gasteiger partial charge is 0.0708 e. The van der Waals surface area contributed by atoms with Gasteiger partial charge in [0.1, 0.15) is 0 Å². The normalized spacial score (nSPS) is 11.6. The average Bonchev–Trinajstić information content (AvgIpc) is 3.16. The largest absolute Gasteiger partial charge is 0.256 e. The molecule has 10 aromatic rings. The van der Waals surface area contributed by atoms with Gasteiger partial charge in [-0.05, 0) is 96.0 Å². The number of fused-ring (bicyclic) bond motifs is 2. The highest BCUT2D eigenvalue weighted by molar-refractivity contribution is 6.28. The fourth-order valence-electron chi connectivity index (χ4n) is 7.39. The van der Waals surface area contributed by atoms with Gasteiger partial charge in [-0.15, -0.1) is 0 Å². The molecule has 2 aromatic heterocycles. The van der Waals surface area contributed by atoms with Crippen LogP contribution < -0.4 is 0 Å². The maximum atomic E-state index is 5.08. The lowest BCUT2D eigenvalue weighted by molar-refractivity contribution is 1.32. The van der Waals surface area contributed by atoms with Crippen LogP contribution in [0, 0.1) is 12.1 Å². The van der Waals surface area contributed by atoms with E-state index in [9.17, 15) is 0 Å². The Morgan fingerprint density at radius 1 is 0.396 bits per heavy atom. The van der Waals surface area contributed by atoms with Gasteiger partial charge in [0.25, 0.3) is 0 Å². The fraction of sp³-hybridized carbons (Fsp3) is 0. The molecular formula is C46H26N2. The van der Waals surface area contributed by atoms with E-state index in [0.717, 1.165) is 55.5 Å². The first-order valence-electron chi connectivity index (χ1n) is 16.2. The molecule has 0 saturated heterocycles. The lowest BCUT2D eigenvalue weighted by Gasteiger charge is -2.17. The van der Waals surface area contributed by atoms with E-state index in [1.807, 2.05) is 18.5 Å². The quantitative estimate of drug-likeness (QED) is 0.186. The lowest BCUT2D eigenvalue weighted by atomic mass is 9.87. The SMILES string of the molecule is c1ccc2cccc(-c3ccc(-c4cc(-c5ccc(-c6ccc7ccccc7c6)cn5)c5ccc6cccc7ccc4c5c67)nc3)c2c#1.